The SMILES string of the molecule is Cc1ccc(-c2noc(C(C)N3C[C@@H](N)[C@H](c4ccccc4)C3)n2)cc1F.Cl. The van der Waals surface area contributed by atoms with Crippen molar-refractivity contribution in [2.24, 2.45) is 5.73 Å². The maximum absolute atomic E-state index is 13.8. The van der Waals surface area contributed by atoms with E-state index in [0.717, 1.165) is 13.1 Å². The van der Waals surface area contributed by atoms with Gasteiger partial charge in [0.05, 0.1) is 6.04 Å². The van der Waals surface area contributed by atoms with Crippen LogP contribution in [0.2, 0.25) is 0 Å². The summed E-state index contributed by atoms with van der Waals surface area (Å²) in [6.07, 6.45) is 0. The van der Waals surface area contributed by atoms with Crippen molar-refractivity contribution in [1.29, 1.82) is 0 Å². The molecule has 1 aliphatic heterocycles. The number of nitrogens with zero attached hydrogens (tertiary/aromatic N) is 3. The van der Waals surface area contributed by atoms with Gasteiger partial charge in [-0.1, -0.05) is 47.6 Å². The van der Waals surface area contributed by atoms with Gasteiger partial charge in [-0.15, -0.1) is 12.4 Å². The van der Waals surface area contributed by atoms with Crippen LogP contribution in [0.1, 0.15) is 35.9 Å². The molecule has 2 N–H and O–H groups in total. The highest BCUT2D eigenvalue weighted by Gasteiger charge is 2.35. The number of benzene rings is 2. The van der Waals surface area contributed by atoms with E-state index >= 15 is 0 Å². The Bertz CT molecular complexity index is 933. The van der Waals surface area contributed by atoms with Crippen LogP contribution in [0.4, 0.5) is 4.39 Å². The van der Waals surface area contributed by atoms with Crippen LogP contribution in [0.3, 0.4) is 0 Å². The summed E-state index contributed by atoms with van der Waals surface area (Å²) in [6, 6.07) is 15.3. The second-order valence-electron chi connectivity index (χ2n) is 7.23. The number of aromatic nitrogens is 2. The zero-order valence-corrected chi connectivity index (χ0v) is 16.7. The Morgan fingerprint density at radius 2 is 1.93 bits per heavy atom. The molecule has 2 aromatic carbocycles. The molecule has 0 amide bonds. The Hall–Kier alpha value is -2.28. The summed E-state index contributed by atoms with van der Waals surface area (Å²) in [5, 5.41) is 4.04. The van der Waals surface area contributed by atoms with Gasteiger partial charge in [0.15, 0.2) is 0 Å². The molecule has 4 rings (SSSR count). The van der Waals surface area contributed by atoms with E-state index in [2.05, 4.69) is 27.2 Å². The predicted molar refractivity (Wildman–Crippen MR) is 109 cm³/mol. The number of aryl methyl sites for hydroxylation is 1. The van der Waals surface area contributed by atoms with E-state index in [1.165, 1.54) is 11.6 Å². The smallest absolute Gasteiger partial charge is 0.244 e. The summed E-state index contributed by atoms with van der Waals surface area (Å²) in [5.41, 5.74) is 8.85. The summed E-state index contributed by atoms with van der Waals surface area (Å²) >= 11 is 0. The van der Waals surface area contributed by atoms with Gasteiger partial charge in [0.2, 0.25) is 11.7 Å². The number of nitrogens with two attached hydrogens (primary N) is 1. The summed E-state index contributed by atoms with van der Waals surface area (Å²) in [4.78, 5) is 6.75. The normalized spacial score (nSPS) is 20.7. The molecule has 5 nitrogen and oxygen atoms in total. The maximum atomic E-state index is 13.8. The van der Waals surface area contributed by atoms with Crippen molar-refractivity contribution in [2.75, 3.05) is 13.1 Å². The molecule has 1 fully saturated rings. The van der Waals surface area contributed by atoms with Crippen LogP contribution in [-0.4, -0.2) is 34.2 Å². The number of likely N-dealkylation sites (tertiary alicyclic amines) is 1. The third-order valence-electron chi connectivity index (χ3n) is 5.40. The minimum absolute atomic E-state index is 0. The van der Waals surface area contributed by atoms with E-state index in [9.17, 15) is 4.39 Å². The Labute approximate surface area is 170 Å². The predicted octanol–water partition coefficient (Wildman–Crippen LogP) is 4.09. The van der Waals surface area contributed by atoms with Crippen molar-refractivity contribution in [3.8, 4) is 11.4 Å². The Morgan fingerprint density at radius 1 is 1.18 bits per heavy atom. The Morgan fingerprint density at radius 3 is 2.64 bits per heavy atom. The summed E-state index contributed by atoms with van der Waals surface area (Å²) in [7, 11) is 0. The first-order valence-electron chi connectivity index (χ1n) is 9.17. The van der Waals surface area contributed by atoms with E-state index in [1.807, 2.05) is 25.1 Å². The lowest BCUT2D eigenvalue weighted by Gasteiger charge is -2.20. The zero-order valence-electron chi connectivity index (χ0n) is 15.9. The number of rotatable bonds is 4. The Balaban J connectivity index is 0.00000225. The third kappa shape index (κ3) is 3.94. The van der Waals surface area contributed by atoms with Crippen molar-refractivity contribution in [1.82, 2.24) is 15.0 Å². The van der Waals surface area contributed by atoms with E-state index in [-0.39, 0.29) is 36.2 Å². The van der Waals surface area contributed by atoms with Crippen LogP contribution >= 0.6 is 12.4 Å². The molecule has 28 heavy (non-hydrogen) atoms. The average molecular weight is 403 g/mol. The summed E-state index contributed by atoms with van der Waals surface area (Å²) in [6.45, 7) is 5.36. The first-order valence-corrected chi connectivity index (χ1v) is 9.17. The van der Waals surface area contributed by atoms with Crippen molar-refractivity contribution in [2.45, 2.75) is 31.8 Å². The lowest BCUT2D eigenvalue weighted by atomic mass is 9.95. The van der Waals surface area contributed by atoms with Gasteiger partial charge < -0.3 is 10.3 Å². The fraction of sp³-hybridized carbons (Fsp3) is 0.333. The maximum Gasteiger partial charge on any atom is 0.244 e. The van der Waals surface area contributed by atoms with E-state index in [1.54, 1.807) is 19.1 Å². The Kier molecular flexibility index (Phi) is 6.13. The molecule has 3 aromatic rings. The molecule has 0 bridgehead atoms. The molecule has 3 atom stereocenters. The number of halogens is 2. The average Bonchev–Trinajstić information content (AvgIpc) is 3.31. The van der Waals surface area contributed by atoms with Crippen molar-refractivity contribution in [3.63, 3.8) is 0 Å². The van der Waals surface area contributed by atoms with Crippen LogP contribution in [0.5, 0.6) is 0 Å². The van der Waals surface area contributed by atoms with Gasteiger partial charge in [0.1, 0.15) is 5.82 Å². The lowest BCUT2D eigenvalue weighted by Crippen LogP contribution is -2.30. The highest BCUT2D eigenvalue weighted by Crippen LogP contribution is 2.32. The van der Waals surface area contributed by atoms with Gasteiger partial charge in [-0.25, -0.2) is 4.39 Å². The molecular weight excluding hydrogens is 379 g/mol. The van der Waals surface area contributed by atoms with Crippen LogP contribution in [0.25, 0.3) is 11.4 Å². The minimum atomic E-state index is -0.275. The van der Waals surface area contributed by atoms with E-state index in [0.29, 0.717) is 22.8 Å². The molecule has 1 saturated heterocycles. The van der Waals surface area contributed by atoms with Gasteiger partial charge in [0, 0.05) is 30.6 Å². The van der Waals surface area contributed by atoms with Gasteiger partial charge in [-0.05, 0) is 31.0 Å². The molecular formula is C21H24ClFN4O. The van der Waals surface area contributed by atoms with Gasteiger partial charge in [-0.3, -0.25) is 4.90 Å². The lowest BCUT2D eigenvalue weighted by molar-refractivity contribution is 0.206. The van der Waals surface area contributed by atoms with Crippen LogP contribution in [-0.2, 0) is 0 Å². The van der Waals surface area contributed by atoms with Gasteiger partial charge >= 0.3 is 0 Å². The highest BCUT2D eigenvalue weighted by molar-refractivity contribution is 5.85. The van der Waals surface area contributed by atoms with Gasteiger partial charge in [0.25, 0.3) is 0 Å². The molecule has 0 aliphatic carbocycles. The van der Waals surface area contributed by atoms with Crippen LogP contribution in [0, 0.1) is 12.7 Å². The summed E-state index contributed by atoms with van der Waals surface area (Å²) in [5.74, 6) is 0.927. The number of hydrogen-bond acceptors (Lipinski definition) is 5. The van der Waals surface area contributed by atoms with Gasteiger partial charge in [-0.2, -0.15) is 4.98 Å². The monoisotopic (exact) mass is 402 g/mol. The molecule has 1 unspecified atom stereocenters. The summed E-state index contributed by atoms with van der Waals surface area (Å²) < 4.78 is 19.3. The standard InChI is InChI=1S/C21H23FN4O.ClH/c1-13-8-9-16(10-18(13)22)20-24-21(27-25-20)14(2)26-11-17(19(23)12-26)15-6-4-3-5-7-15;/h3-10,14,17,19H,11-12,23H2,1-2H3;1H/t14?,17-,19+;/m0./s1. The van der Waals surface area contributed by atoms with Crippen LogP contribution in [0.15, 0.2) is 53.1 Å². The highest BCUT2D eigenvalue weighted by atomic mass is 35.5. The topological polar surface area (TPSA) is 68.2 Å². The molecule has 0 radical (unpaired) electrons. The molecule has 148 valence electrons. The van der Waals surface area contributed by atoms with Crippen molar-refractivity contribution >= 4 is 12.4 Å². The second kappa shape index (κ2) is 8.39. The molecule has 0 spiro atoms. The quantitative estimate of drug-likeness (QED) is 0.711. The fourth-order valence-electron chi connectivity index (χ4n) is 3.64. The molecule has 2 heterocycles. The molecule has 0 saturated carbocycles. The first-order chi connectivity index (χ1) is 13.0. The van der Waals surface area contributed by atoms with E-state index in [4.69, 9.17) is 10.3 Å². The fourth-order valence-corrected chi connectivity index (χ4v) is 3.64. The molecule has 1 aromatic heterocycles. The first kappa shape index (κ1) is 20.5. The molecule has 1 aliphatic rings. The number of hydrogen-bond donors (Lipinski definition) is 1. The third-order valence-corrected chi connectivity index (χ3v) is 5.40. The second-order valence-corrected chi connectivity index (χ2v) is 7.23. The minimum Gasteiger partial charge on any atom is -0.337 e. The van der Waals surface area contributed by atoms with Crippen LogP contribution < -0.4 is 5.73 Å². The van der Waals surface area contributed by atoms with Crippen molar-refractivity contribution in [3.05, 3.63) is 71.4 Å². The zero-order chi connectivity index (χ0) is 19.0. The van der Waals surface area contributed by atoms with Crippen molar-refractivity contribution < 1.29 is 8.91 Å². The largest absolute Gasteiger partial charge is 0.337 e. The molecule has 7 heteroatoms. The van der Waals surface area contributed by atoms with E-state index < -0.39 is 0 Å².